The lowest BCUT2D eigenvalue weighted by Crippen LogP contribution is -2.07. The summed E-state index contributed by atoms with van der Waals surface area (Å²) in [4.78, 5) is 1.36. The molecule has 0 fully saturated rings. The van der Waals surface area contributed by atoms with Gasteiger partial charge in [-0.05, 0) is 66.4 Å². The van der Waals surface area contributed by atoms with Crippen molar-refractivity contribution in [2.75, 3.05) is 5.32 Å². The van der Waals surface area contributed by atoms with Crippen molar-refractivity contribution < 1.29 is 0 Å². The molecule has 0 aliphatic carbocycles. The number of anilines is 1. The standard InChI is InChI=1S/C15H17N5S/c1-10-7-8-21-15(10)11(2)16-13-5-4-6-14(9-13)20-12(3)17-18-19-20/h4-9,11,16H,1-3H3. The van der Waals surface area contributed by atoms with Crippen molar-refractivity contribution in [1.82, 2.24) is 20.2 Å². The molecule has 0 saturated carbocycles. The Morgan fingerprint density at radius 2 is 2.10 bits per heavy atom. The fourth-order valence-electron chi connectivity index (χ4n) is 2.34. The maximum atomic E-state index is 4.00. The van der Waals surface area contributed by atoms with Crippen LogP contribution in [0.3, 0.4) is 0 Å². The molecule has 1 unspecified atom stereocenters. The van der Waals surface area contributed by atoms with Gasteiger partial charge in [0.25, 0.3) is 0 Å². The summed E-state index contributed by atoms with van der Waals surface area (Å²) >= 11 is 1.78. The summed E-state index contributed by atoms with van der Waals surface area (Å²) in [7, 11) is 0. The zero-order chi connectivity index (χ0) is 14.8. The van der Waals surface area contributed by atoms with E-state index >= 15 is 0 Å². The summed E-state index contributed by atoms with van der Waals surface area (Å²) in [6.07, 6.45) is 0. The van der Waals surface area contributed by atoms with Gasteiger partial charge in [0.05, 0.1) is 11.7 Å². The Balaban J connectivity index is 1.84. The molecule has 3 aromatic rings. The first-order chi connectivity index (χ1) is 10.1. The summed E-state index contributed by atoms with van der Waals surface area (Å²) in [6, 6.07) is 10.5. The molecule has 0 spiro atoms. The summed E-state index contributed by atoms with van der Waals surface area (Å²) in [5.41, 5.74) is 3.34. The van der Waals surface area contributed by atoms with Crippen LogP contribution in [0.4, 0.5) is 5.69 Å². The van der Waals surface area contributed by atoms with E-state index in [4.69, 9.17) is 0 Å². The number of aryl methyl sites for hydroxylation is 2. The Morgan fingerprint density at radius 1 is 1.24 bits per heavy atom. The summed E-state index contributed by atoms with van der Waals surface area (Å²) in [5, 5.41) is 17.3. The van der Waals surface area contributed by atoms with E-state index in [1.807, 2.05) is 19.1 Å². The van der Waals surface area contributed by atoms with Crippen molar-refractivity contribution in [1.29, 1.82) is 0 Å². The van der Waals surface area contributed by atoms with Crippen LogP contribution in [0.15, 0.2) is 35.7 Å². The zero-order valence-corrected chi connectivity index (χ0v) is 13.1. The summed E-state index contributed by atoms with van der Waals surface area (Å²) < 4.78 is 1.73. The Hall–Kier alpha value is -2.21. The first-order valence-electron chi connectivity index (χ1n) is 6.81. The first kappa shape index (κ1) is 13.8. The predicted molar refractivity (Wildman–Crippen MR) is 85.0 cm³/mol. The van der Waals surface area contributed by atoms with Crippen LogP contribution in [0.2, 0.25) is 0 Å². The highest BCUT2D eigenvalue weighted by atomic mass is 32.1. The van der Waals surface area contributed by atoms with Crippen LogP contribution in [0.5, 0.6) is 0 Å². The fraction of sp³-hybridized carbons (Fsp3) is 0.267. The van der Waals surface area contributed by atoms with Gasteiger partial charge in [-0.3, -0.25) is 0 Å². The van der Waals surface area contributed by atoms with E-state index in [-0.39, 0.29) is 6.04 Å². The molecule has 0 saturated heterocycles. The van der Waals surface area contributed by atoms with Crippen molar-refractivity contribution >= 4 is 17.0 Å². The second kappa shape index (κ2) is 5.65. The van der Waals surface area contributed by atoms with Crippen molar-refractivity contribution in [3.8, 4) is 5.69 Å². The van der Waals surface area contributed by atoms with E-state index in [2.05, 4.69) is 58.3 Å². The molecule has 1 N–H and O–H groups in total. The minimum Gasteiger partial charge on any atom is -0.378 e. The lowest BCUT2D eigenvalue weighted by Gasteiger charge is -2.15. The monoisotopic (exact) mass is 299 g/mol. The zero-order valence-electron chi connectivity index (χ0n) is 12.2. The quantitative estimate of drug-likeness (QED) is 0.801. The van der Waals surface area contributed by atoms with E-state index in [0.717, 1.165) is 17.2 Å². The van der Waals surface area contributed by atoms with Gasteiger partial charge in [0.2, 0.25) is 0 Å². The molecule has 6 heteroatoms. The molecule has 2 heterocycles. The van der Waals surface area contributed by atoms with Crippen LogP contribution in [0, 0.1) is 13.8 Å². The number of nitrogens with zero attached hydrogens (tertiary/aromatic N) is 4. The molecule has 5 nitrogen and oxygen atoms in total. The topological polar surface area (TPSA) is 55.6 Å². The normalized spacial score (nSPS) is 12.3. The number of thiophene rings is 1. The number of benzene rings is 1. The van der Waals surface area contributed by atoms with Crippen LogP contribution < -0.4 is 5.32 Å². The first-order valence-corrected chi connectivity index (χ1v) is 7.69. The van der Waals surface area contributed by atoms with Crippen molar-refractivity contribution in [3.63, 3.8) is 0 Å². The number of hydrogen-bond donors (Lipinski definition) is 1. The third kappa shape index (κ3) is 2.80. The van der Waals surface area contributed by atoms with E-state index in [1.165, 1.54) is 10.4 Å². The van der Waals surface area contributed by atoms with Crippen LogP contribution in [-0.4, -0.2) is 20.2 Å². The molecule has 0 bridgehead atoms. The highest BCUT2D eigenvalue weighted by Gasteiger charge is 2.10. The molecule has 2 aromatic heterocycles. The highest BCUT2D eigenvalue weighted by molar-refractivity contribution is 7.10. The molecular weight excluding hydrogens is 282 g/mol. The molecular formula is C15H17N5S. The van der Waals surface area contributed by atoms with Gasteiger partial charge < -0.3 is 5.32 Å². The Labute approximate surface area is 127 Å². The van der Waals surface area contributed by atoms with E-state index in [9.17, 15) is 0 Å². The maximum absolute atomic E-state index is 4.00. The van der Waals surface area contributed by atoms with E-state index in [1.54, 1.807) is 16.0 Å². The predicted octanol–water partition coefficient (Wildman–Crippen LogP) is 3.51. The molecule has 0 amide bonds. The molecule has 0 aliphatic rings. The molecule has 0 aliphatic heterocycles. The minimum atomic E-state index is 0.273. The van der Waals surface area contributed by atoms with Crippen LogP contribution in [0.25, 0.3) is 5.69 Å². The van der Waals surface area contributed by atoms with Crippen LogP contribution in [0.1, 0.15) is 29.2 Å². The van der Waals surface area contributed by atoms with Crippen molar-refractivity contribution in [2.24, 2.45) is 0 Å². The van der Waals surface area contributed by atoms with Gasteiger partial charge in [0.1, 0.15) is 0 Å². The average molecular weight is 299 g/mol. The molecule has 0 radical (unpaired) electrons. The smallest absolute Gasteiger partial charge is 0.153 e. The fourth-order valence-corrected chi connectivity index (χ4v) is 3.28. The number of hydrogen-bond acceptors (Lipinski definition) is 5. The van der Waals surface area contributed by atoms with Gasteiger partial charge in [-0.2, -0.15) is 4.68 Å². The lowest BCUT2D eigenvalue weighted by atomic mass is 10.2. The van der Waals surface area contributed by atoms with Gasteiger partial charge in [-0.15, -0.1) is 16.4 Å². The summed E-state index contributed by atoms with van der Waals surface area (Å²) in [5.74, 6) is 0.772. The summed E-state index contributed by atoms with van der Waals surface area (Å²) in [6.45, 7) is 6.20. The maximum Gasteiger partial charge on any atom is 0.153 e. The third-order valence-electron chi connectivity index (χ3n) is 3.39. The molecule has 108 valence electrons. The van der Waals surface area contributed by atoms with Gasteiger partial charge in [0, 0.05) is 10.6 Å². The van der Waals surface area contributed by atoms with Gasteiger partial charge >= 0.3 is 0 Å². The largest absolute Gasteiger partial charge is 0.378 e. The molecule has 1 atom stereocenters. The third-order valence-corrected chi connectivity index (χ3v) is 4.60. The Bertz CT molecular complexity index is 746. The SMILES string of the molecule is Cc1ccsc1C(C)Nc1cccc(-n2nnnc2C)c1. The van der Waals surface area contributed by atoms with E-state index < -0.39 is 0 Å². The van der Waals surface area contributed by atoms with Crippen LogP contribution >= 0.6 is 11.3 Å². The second-order valence-electron chi connectivity index (χ2n) is 5.02. The van der Waals surface area contributed by atoms with Crippen molar-refractivity contribution in [2.45, 2.75) is 26.8 Å². The molecule has 21 heavy (non-hydrogen) atoms. The van der Waals surface area contributed by atoms with Gasteiger partial charge in [0.15, 0.2) is 5.82 Å². The minimum absolute atomic E-state index is 0.273. The van der Waals surface area contributed by atoms with E-state index in [0.29, 0.717) is 0 Å². The second-order valence-corrected chi connectivity index (χ2v) is 5.97. The van der Waals surface area contributed by atoms with Gasteiger partial charge in [-0.25, -0.2) is 0 Å². The number of nitrogens with one attached hydrogen (secondary N) is 1. The average Bonchev–Trinajstić information content (AvgIpc) is 3.07. The van der Waals surface area contributed by atoms with Crippen LogP contribution in [-0.2, 0) is 0 Å². The highest BCUT2D eigenvalue weighted by Crippen LogP contribution is 2.27. The number of aromatic nitrogens is 4. The molecule has 1 aromatic carbocycles. The Kier molecular flexibility index (Phi) is 3.70. The number of rotatable bonds is 4. The molecule has 3 rings (SSSR count). The lowest BCUT2D eigenvalue weighted by molar-refractivity contribution is 0.779. The number of tetrazole rings is 1. The van der Waals surface area contributed by atoms with Gasteiger partial charge in [-0.1, -0.05) is 6.07 Å². The Morgan fingerprint density at radius 3 is 2.76 bits per heavy atom. The van der Waals surface area contributed by atoms with Crippen molar-refractivity contribution in [3.05, 3.63) is 52.0 Å².